The molecule has 0 radical (unpaired) electrons. The normalized spacial score (nSPS) is 19.9. The molecule has 1 aliphatic heterocycles. The molecule has 1 aromatic carbocycles. The van der Waals surface area contributed by atoms with Crippen molar-refractivity contribution in [2.45, 2.75) is 32.0 Å². The molecule has 9 heteroatoms. The molecule has 2 aromatic heterocycles. The molecule has 3 aromatic rings. The Bertz CT molecular complexity index is 1020. The molecule has 0 bridgehead atoms. The van der Waals surface area contributed by atoms with Gasteiger partial charge in [-0.3, -0.25) is 4.90 Å². The van der Waals surface area contributed by atoms with E-state index < -0.39 is 12.2 Å². The van der Waals surface area contributed by atoms with Crippen LogP contribution in [0.1, 0.15) is 17.5 Å². The van der Waals surface area contributed by atoms with E-state index in [4.69, 9.17) is 16.2 Å². The van der Waals surface area contributed by atoms with Crippen LogP contribution >= 0.6 is 0 Å². The number of hydrogen-bond acceptors (Lipinski definition) is 7. The molecule has 0 spiro atoms. The van der Waals surface area contributed by atoms with Crippen molar-refractivity contribution in [3.63, 3.8) is 0 Å². The van der Waals surface area contributed by atoms with Gasteiger partial charge in [0, 0.05) is 37.6 Å². The van der Waals surface area contributed by atoms with E-state index in [-0.39, 0.29) is 6.04 Å². The Morgan fingerprint density at radius 1 is 1.38 bits per heavy atom. The van der Waals surface area contributed by atoms with Gasteiger partial charge < -0.3 is 21.5 Å². The largest absolute Gasteiger partial charge is 0.443 e. The number of hydrogen-bond donors (Lipinski definition) is 3. The van der Waals surface area contributed by atoms with Crippen molar-refractivity contribution >= 4 is 23.1 Å². The average Bonchev–Trinajstić information content (AvgIpc) is 3.08. The van der Waals surface area contributed by atoms with Crippen molar-refractivity contribution in [1.82, 2.24) is 19.5 Å². The molecule has 1 aliphatic rings. The van der Waals surface area contributed by atoms with Gasteiger partial charge in [-0.05, 0) is 42.7 Å². The number of piperidine rings is 1. The van der Waals surface area contributed by atoms with Gasteiger partial charge in [0.05, 0.1) is 0 Å². The van der Waals surface area contributed by atoms with Crippen molar-refractivity contribution < 1.29 is 9.53 Å². The molecule has 1 amide bonds. The molecular formula is C20H25N7O2. The molecule has 3 heterocycles. The van der Waals surface area contributed by atoms with E-state index in [0.717, 1.165) is 35.6 Å². The van der Waals surface area contributed by atoms with Crippen molar-refractivity contribution in [1.29, 1.82) is 0 Å². The summed E-state index contributed by atoms with van der Waals surface area (Å²) in [5.41, 5.74) is 15.4. The van der Waals surface area contributed by atoms with Gasteiger partial charge in [-0.1, -0.05) is 12.1 Å². The molecule has 0 aliphatic carbocycles. The Hall–Kier alpha value is -3.17. The minimum atomic E-state index is -0.792. The van der Waals surface area contributed by atoms with Gasteiger partial charge in [-0.25, -0.2) is 14.3 Å². The van der Waals surface area contributed by atoms with E-state index in [9.17, 15) is 4.79 Å². The fourth-order valence-electron chi connectivity index (χ4n) is 3.75. The van der Waals surface area contributed by atoms with Crippen LogP contribution in [-0.4, -0.2) is 50.8 Å². The highest BCUT2D eigenvalue weighted by Gasteiger charge is 2.29. The van der Waals surface area contributed by atoms with Crippen molar-refractivity contribution in [3.8, 4) is 0 Å². The Labute approximate surface area is 168 Å². The monoisotopic (exact) mass is 395 g/mol. The first-order valence-electron chi connectivity index (χ1n) is 9.58. The lowest BCUT2D eigenvalue weighted by molar-refractivity contribution is 0.0313. The molecule has 4 rings (SSSR count). The summed E-state index contributed by atoms with van der Waals surface area (Å²) in [6.07, 6.45) is 2.98. The first kappa shape index (κ1) is 19.2. The van der Waals surface area contributed by atoms with Crippen LogP contribution in [0.5, 0.6) is 0 Å². The van der Waals surface area contributed by atoms with Crippen LogP contribution in [0, 0.1) is 6.92 Å². The second-order valence-corrected chi connectivity index (χ2v) is 7.40. The summed E-state index contributed by atoms with van der Waals surface area (Å²) in [6, 6.07) is 9.96. The number of aromatic nitrogens is 3. The lowest BCUT2D eigenvalue weighted by Crippen LogP contribution is -2.52. The summed E-state index contributed by atoms with van der Waals surface area (Å²) in [4.78, 5) is 17.8. The number of ether oxygens (including phenoxy) is 1. The van der Waals surface area contributed by atoms with E-state index in [1.165, 1.54) is 11.9 Å². The van der Waals surface area contributed by atoms with Gasteiger partial charge in [0.25, 0.3) is 0 Å². The van der Waals surface area contributed by atoms with Crippen LogP contribution < -0.4 is 16.8 Å². The minimum absolute atomic E-state index is 0.202. The van der Waals surface area contributed by atoms with Crippen LogP contribution in [0.2, 0.25) is 0 Å². The van der Waals surface area contributed by atoms with E-state index in [0.29, 0.717) is 13.1 Å². The number of amides is 1. The lowest BCUT2D eigenvalue weighted by Gasteiger charge is -2.35. The molecule has 9 nitrogen and oxygen atoms in total. The quantitative estimate of drug-likeness (QED) is 0.601. The van der Waals surface area contributed by atoms with Gasteiger partial charge in [-0.2, -0.15) is 5.10 Å². The van der Waals surface area contributed by atoms with Crippen LogP contribution in [0.3, 0.4) is 0 Å². The highest BCUT2D eigenvalue weighted by molar-refractivity contribution is 5.76. The number of carbonyl (C=O) groups is 1. The van der Waals surface area contributed by atoms with Gasteiger partial charge in [-0.15, -0.1) is 0 Å². The maximum Gasteiger partial charge on any atom is 0.404 e. The molecule has 5 N–H and O–H groups in total. The van der Waals surface area contributed by atoms with E-state index in [1.807, 2.05) is 28.9 Å². The van der Waals surface area contributed by atoms with Crippen molar-refractivity contribution in [3.05, 3.63) is 54.0 Å². The number of carbonyl (C=O) groups excluding carboxylic acids is 1. The summed E-state index contributed by atoms with van der Waals surface area (Å²) >= 11 is 0. The standard InChI is InChI=1S/C20H25N7O2/c1-13-3-2-4-15(9-13)25-19-18-14(5-8-27(18)24-12-23-19)10-26-7-6-16(21)17(11-26)29-20(22)28/h2-5,8-9,12,16-17H,6-7,10-11,21H2,1H3,(H2,22,28)(H,23,24,25)/t16-,17+/m1/s1. The topological polar surface area (TPSA) is 124 Å². The molecule has 152 valence electrons. The van der Waals surface area contributed by atoms with Crippen LogP contribution in [0.15, 0.2) is 42.9 Å². The van der Waals surface area contributed by atoms with Crippen LogP contribution in [-0.2, 0) is 11.3 Å². The molecule has 0 saturated carbocycles. The summed E-state index contributed by atoms with van der Waals surface area (Å²) in [6.45, 7) is 4.06. The number of nitrogens with two attached hydrogens (primary N) is 2. The smallest absolute Gasteiger partial charge is 0.404 e. The van der Waals surface area contributed by atoms with Crippen molar-refractivity contribution in [2.75, 3.05) is 18.4 Å². The van der Waals surface area contributed by atoms with Gasteiger partial charge in [0.2, 0.25) is 0 Å². The molecule has 0 unspecified atom stereocenters. The molecule has 2 atom stereocenters. The predicted octanol–water partition coefficient (Wildman–Crippen LogP) is 1.78. The van der Waals surface area contributed by atoms with Gasteiger partial charge >= 0.3 is 6.09 Å². The zero-order valence-electron chi connectivity index (χ0n) is 16.3. The summed E-state index contributed by atoms with van der Waals surface area (Å²) in [5, 5.41) is 7.72. The number of primary amides is 1. The lowest BCUT2D eigenvalue weighted by atomic mass is 10.0. The van der Waals surface area contributed by atoms with Gasteiger partial charge in [0.15, 0.2) is 5.82 Å². The highest BCUT2D eigenvalue weighted by atomic mass is 16.6. The molecule has 1 saturated heterocycles. The second-order valence-electron chi connectivity index (χ2n) is 7.40. The molecular weight excluding hydrogens is 370 g/mol. The highest BCUT2D eigenvalue weighted by Crippen LogP contribution is 2.25. The first-order valence-corrected chi connectivity index (χ1v) is 9.58. The predicted molar refractivity (Wildman–Crippen MR) is 110 cm³/mol. The number of rotatable bonds is 5. The summed E-state index contributed by atoms with van der Waals surface area (Å²) < 4.78 is 7.00. The number of fused-ring (bicyclic) bond motifs is 1. The third kappa shape index (κ3) is 4.30. The maximum absolute atomic E-state index is 11.2. The Morgan fingerprint density at radius 3 is 3.03 bits per heavy atom. The summed E-state index contributed by atoms with van der Waals surface area (Å²) in [5.74, 6) is 0.740. The zero-order chi connectivity index (χ0) is 20.4. The number of anilines is 2. The van der Waals surface area contributed by atoms with Crippen LogP contribution in [0.25, 0.3) is 5.52 Å². The number of nitrogens with zero attached hydrogens (tertiary/aromatic N) is 4. The average molecular weight is 395 g/mol. The SMILES string of the molecule is Cc1cccc(Nc2ncnn3ccc(CN4CC[C@@H](N)[C@@H](OC(N)=O)C4)c23)c1. The Morgan fingerprint density at radius 2 is 2.24 bits per heavy atom. The van der Waals surface area contributed by atoms with E-state index in [2.05, 4.69) is 39.4 Å². The number of nitrogens with one attached hydrogen (secondary N) is 1. The zero-order valence-corrected chi connectivity index (χ0v) is 16.3. The third-order valence-electron chi connectivity index (χ3n) is 5.17. The summed E-state index contributed by atoms with van der Waals surface area (Å²) in [7, 11) is 0. The molecule has 1 fully saturated rings. The number of benzene rings is 1. The minimum Gasteiger partial charge on any atom is -0.443 e. The number of aryl methyl sites for hydroxylation is 1. The second kappa shape index (κ2) is 8.06. The number of likely N-dealkylation sites (tertiary alicyclic amines) is 1. The Kier molecular flexibility index (Phi) is 5.32. The third-order valence-corrected chi connectivity index (χ3v) is 5.17. The fraction of sp³-hybridized carbons (Fsp3) is 0.350. The Balaban J connectivity index is 1.57. The van der Waals surface area contributed by atoms with Crippen molar-refractivity contribution in [2.24, 2.45) is 11.5 Å². The van der Waals surface area contributed by atoms with E-state index >= 15 is 0 Å². The first-order chi connectivity index (χ1) is 14.0. The van der Waals surface area contributed by atoms with E-state index in [1.54, 1.807) is 0 Å². The fourth-order valence-corrected chi connectivity index (χ4v) is 3.75. The maximum atomic E-state index is 11.2. The molecule has 29 heavy (non-hydrogen) atoms. The van der Waals surface area contributed by atoms with Gasteiger partial charge in [0.1, 0.15) is 17.9 Å². The van der Waals surface area contributed by atoms with Crippen LogP contribution in [0.4, 0.5) is 16.3 Å².